The van der Waals surface area contributed by atoms with Crippen LogP contribution < -0.4 is 5.32 Å². The number of carbonyl (C=O) groups is 1. The summed E-state index contributed by atoms with van der Waals surface area (Å²) in [7, 11) is 2.14. The number of anilines is 1. The number of amides is 1. The molecule has 1 aromatic carbocycles. The molecule has 1 amide bonds. The minimum absolute atomic E-state index is 0.0722. The monoisotopic (exact) mass is 329 g/mol. The molecule has 24 heavy (non-hydrogen) atoms. The number of hydrogen-bond donors (Lipinski definition) is 1. The maximum Gasteiger partial charge on any atom is 0.241 e. The summed E-state index contributed by atoms with van der Waals surface area (Å²) in [5.41, 5.74) is 2.34. The molecular weight excluding hydrogens is 298 g/mol. The molecule has 1 unspecified atom stereocenters. The Labute approximate surface area is 146 Å². The first-order valence-corrected chi connectivity index (χ1v) is 9.47. The minimum atomic E-state index is -0.0722. The number of benzene rings is 1. The molecule has 1 saturated carbocycles. The van der Waals surface area contributed by atoms with Crippen LogP contribution in [0.15, 0.2) is 24.3 Å². The lowest BCUT2D eigenvalue weighted by molar-refractivity contribution is -0.121. The number of piperazine rings is 1. The van der Waals surface area contributed by atoms with Crippen molar-refractivity contribution in [3.8, 4) is 0 Å². The van der Waals surface area contributed by atoms with Crippen LogP contribution in [-0.4, -0.2) is 55.0 Å². The van der Waals surface area contributed by atoms with Gasteiger partial charge in [-0.05, 0) is 50.4 Å². The van der Waals surface area contributed by atoms with E-state index in [2.05, 4.69) is 40.4 Å². The van der Waals surface area contributed by atoms with Gasteiger partial charge < -0.3 is 10.2 Å². The Morgan fingerprint density at radius 3 is 2.54 bits per heavy atom. The molecule has 0 bridgehead atoms. The normalized spacial score (nSPS) is 22.2. The summed E-state index contributed by atoms with van der Waals surface area (Å²) in [5.74, 6) is 0.783. The van der Waals surface area contributed by atoms with Crippen LogP contribution in [-0.2, 0) is 4.79 Å². The molecule has 0 radical (unpaired) electrons. The topological polar surface area (TPSA) is 35.6 Å². The average Bonchev–Trinajstić information content (AvgIpc) is 2.63. The molecule has 1 heterocycles. The second-order valence-electron chi connectivity index (χ2n) is 7.46. The van der Waals surface area contributed by atoms with Gasteiger partial charge in [0, 0.05) is 31.9 Å². The number of hydrogen-bond acceptors (Lipinski definition) is 3. The fraction of sp³-hybridized carbons (Fsp3) is 0.650. The van der Waals surface area contributed by atoms with Crippen LogP contribution in [0.25, 0.3) is 0 Å². The Bertz CT molecular complexity index is 546. The average molecular weight is 329 g/mol. The molecule has 2 fully saturated rings. The van der Waals surface area contributed by atoms with Gasteiger partial charge in [-0.15, -0.1) is 0 Å². The Morgan fingerprint density at radius 1 is 1.12 bits per heavy atom. The first-order chi connectivity index (χ1) is 11.6. The molecule has 1 N–H and O–H groups in total. The quantitative estimate of drug-likeness (QED) is 0.920. The van der Waals surface area contributed by atoms with Gasteiger partial charge in [0.1, 0.15) is 0 Å². The smallest absolute Gasteiger partial charge is 0.241 e. The van der Waals surface area contributed by atoms with Crippen LogP contribution in [0.5, 0.6) is 0 Å². The minimum Gasteiger partial charge on any atom is -0.325 e. The van der Waals surface area contributed by atoms with E-state index in [0.717, 1.165) is 31.9 Å². The zero-order chi connectivity index (χ0) is 16.9. The van der Waals surface area contributed by atoms with Crippen molar-refractivity contribution in [1.29, 1.82) is 0 Å². The molecule has 4 heteroatoms. The van der Waals surface area contributed by atoms with Gasteiger partial charge in [-0.1, -0.05) is 31.4 Å². The van der Waals surface area contributed by atoms with E-state index in [4.69, 9.17) is 0 Å². The van der Waals surface area contributed by atoms with E-state index in [1.54, 1.807) is 0 Å². The van der Waals surface area contributed by atoms with Crippen LogP contribution in [0, 0.1) is 0 Å². The van der Waals surface area contributed by atoms with Crippen LogP contribution in [0.1, 0.15) is 50.5 Å². The van der Waals surface area contributed by atoms with E-state index >= 15 is 0 Å². The molecule has 3 rings (SSSR count). The van der Waals surface area contributed by atoms with Crippen molar-refractivity contribution in [2.45, 2.75) is 51.0 Å². The highest BCUT2D eigenvalue weighted by Gasteiger charge is 2.24. The zero-order valence-electron chi connectivity index (χ0n) is 15.1. The summed E-state index contributed by atoms with van der Waals surface area (Å²) < 4.78 is 0. The molecule has 0 aromatic heterocycles. The highest BCUT2D eigenvalue weighted by atomic mass is 16.2. The SMILES string of the molecule is CC(C(=O)Nc1cccc(C2CCCCC2)c1)N1CCN(C)CC1. The van der Waals surface area contributed by atoms with Crippen molar-refractivity contribution in [3.63, 3.8) is 0 Å². The van der Waals surface area contributed by atoms with Gasteiger partial charge >= 0.3 is 0 Å². The van der Waals surface area contributed by atoms with Crippen molar-refractivity contribution in [3.05, 3.63) is 29.8 Å². The lowest BCUT2D eigenvalue weighted by Gasteiger charge is -2.35. The van der Waals surface area contributed by atoms with E-state index in [9.17, 15) is 4.79 Å². The third kappa shape index (κ3) is 4.37. The summed E-state index contributed by atoms with van der Waals surface area (Å²) in [6, 6.07) is 8.43. The third-order valence-electron chi connectivity index (χ3n) is 5.70. The maximum atomic E-state index is 12.6. The Kier molecular flexibility index (Phi) is 5.90. The molecule has 0 spiro atoms. The van der Waals surface area contributed by atoms with E-state index in [0.29, 0.717) is 5.92 Å². The molecular formula is C20H31N3O. The molecule has 1 saturated heterocycles. The van der Waals surface area contributed by atoms with Crippen molar-refractivity contribution < 1.29 is 4.79 Å². The number of likely N-dealkylation sites (N-methyl/N-ethyl adjacent to an activating group) is 1. The van der Waals surface area contributed by atoms with E-state index < -0.39 is 0 Å². The van der Waals surface area contributed by atoms with Gasteiger partial charge in [0.2, 0.25) is 5.91 Å². The fourth-order valence-electron chi connectivity index (χ4n) is 3.93. The van der Waals surface area contributed by atoms with E-state index in [1.165, 1.54) is 37.7 Å². The van der Waals surface area contributed by atoms with Crippen molar-refractivity contribution in [1.82, 2.24) is 9.80 Å². The summed E-state index contributed by atoms with van der Waals surface area (Å²) >= 11 is 0. The molecule has 1 atom stereocenters. The largest absolute Gasteiger partial charge is 0.325 e. The molecule has 2 aliphatic rings. The third-order valence-corrected chi connectivity index (χ3v) is 5.70. The Balaban J connectivity index is 1.59. The summed E-state index contributed by atoms with van der Waals surface area (Å²) in [6.45, 7) is 6.02. The van der Waals surface area contributed by atoms with Gasteiger partial charge in [-0.2, -0.15) is 0 Å². The summed E-state index contributed by atoms with van der Waals surface area (Å²) in [6.07, 6.45) is 6.61. The maximum absolute atomic E-state index is 12.6. The lowest BCUT2D eigenvalue weighted by atomic mass is 9.84. The molecule has 132 valence electrons. The number of nitrogens with zero attached hydrogens (tertiary/aromatic N) is 2. The summed E-state index contributed by atoms with van der Waals surface area (Å²) in [4.78, 5) is 17.2. The molecule has 1 aromatic rings. The van der Waals surface area contributed by atoms with Gasteiger partial charge in [0.15, 0.2) is 0 Å². The van der Waals surface area contributed by atoms with Crippen molar-refractivity contribution in [2.24, 2.45) is 0 Å². The van der Waals surface area contributed by atoms with Crippen LogP contribution in [0.2, 0.25) is 0 Å². The van der Waals surface area contributed by atoms with Gasteiger partial charge in [0.25, 0.3) is 0 Å². The highest BCUT2D eigenvalue weighted by molar-refractivity contribution is 5.94. The van der Waals surface area contributed by atoms with Crippen LogP contribution in [0.3, 0.4) is 0 Å². The van der Waals surface area contributed by atoms with Gasteiger partial charge in [-0.3, -0.25) is 9.69 Å². The fourth-order valence-corrected chi connectivity index (χ4v) is 3.93. The van der Waals surface area contributed by atoms with Crippen molar-refractivity contribution in [2.75, 3.05) is 38.5 Å². The number of carbonyl (C=O) groups excluding carboxylic acids is 1. The predicted octanol–water partition coefficient (Wildman–Crippen LogP) is 3.31. The van der Waals surface area contributed by atoms with E-state index in [1.807, 2.05) is 13.0 Å². The van der Waals surface area contributed by atoms with Gasteiger partial charge in [0.05, 0.1) is 6.04 Å². The molecule has 1 aliphatic heterocycles. The highest BCUT2D eigenvalue weighted by Crippen LogP contribution is 2.33. The van der Waals surface area contributed by atoms with E-state index in [-0.39, 0.29) is 11.9 Å². The lowest BCUT2D eigenvalue weighted by Crippen LogP contribution is -2.51. The zero-order valence-corrected chi connectivity index (χ0v) is 15.1. The van der Waals surface area contributed by atoms with Crippen LogP contribution in [0.4, 0.5) is 5.69 Å². The summed E-state index contributed by atoms with van der Waals surface area (Å²) in [5, 5.41) is 3.14. The first kappa shape index (κ1) is 17.4. The molecule has 4 nitrogen and oxygen atoms in total. The van der Waals surface area contributed by atoms with Crippen molar-refractivity contribution >= 4 is 11.6 Å². The number of rotatable bonds is 4. The second-order valence-corrected chi connectivity index (χ2v) is 7.46. The predicted molar refractivity (Wildman–Crippen MR) is 99.4 cm³/mol. The first-order valence-electron chi connectivity index (χ1n) is 9.47. The number of nitrogens with one attached hydrogen (secondary N) is 1. The van der Waals surface area contributed by atoms with Gasteiger partial charge in [-0.25, -0.2) is 0 Å². The second kappa shape index (κ2) is 8.13. The standard InChI is InChI=1S/C20H31N3O/c1-16(23-13-11-22(2)12-14-23)20(24)21-19-10-6-9-18(15-19)17-7-4-3-5-8-17/h6,9-10,15-17H,3-5,7-8,11-14H2,1-2H3,(H,21,24). The van der Waals surface area contributed by atoms with Crippen LogP contribution >= 0.6 is 0 Å². The molecule has 1 aliphatic carbocycles. The Morgan fingerprint density at radius 2 is 1.83 bits per heavy atom. The Hall–Kier alpha value is -1.39.